The first-order chi connectivity index (χ1) is 9.51. The number of carbonyl (C=O) groups is 2. The summed E-state index contributed by atoms with van der Waals surface area (Å²) < 4.78 is 0. The van der Waals surface area contributed by atoms with E-state index >= 15 is 0 Å². The van der Waals surface area contributed by atoms with Gasteiger partial charge < -0.3 is 10.6 Å². The lowest BCUT2D eigenvalue weighted by atomic mass is 10.1. The summed E-state index contributed by atoms with van der Waals surface area (Å²) >= 11 is 0. The third-order valence-electron chi connectivity index (χ3n) is 3.52. The van der Waals surface area contributed by atoms with Gasteiger partial charge in [-0.25, -0.2) is 0 Å². The molecule has 2 rings (SSSR count). The molecule has 1 aliphatic carbocycles. The summed E-state index contributed by atoms with van der Waals surface area (Å²) in [6.45, 7) is 5.94. The lowest BCUT2D eigenvalue weighted by molar-refractivity contribution is -0.125. The summed E-state index contributed by atoms with van der Waals surface area (Å²) in [7, 11) is 0. The van der Waals surface area contributed by atoms with Crippen molar-refractivity contribution in [2.24, 2.45) is 11.8 Å². The fourth-order valence-corrected chi connectivity index (χ4v) is 2.22. The lowest BCUT2D eigenvalue weighted by Gasteiger charge is -2.08. The topological polar surface area (TPSA) is 58.2 Å². The van der Waals surface area contributed by atoms with Gasteiger partial charge in [-0.2, -0.15) is 0 Å². The molecule has 1 saturated carbocycles. The molecule has 4 heteroatoms. The van der Waals surface area contributed by atoms with Crippen molar-refractivity contribution in [3.8, 4) is 0 Å². The van der Waals surface area contributed by atoms with Crippen LogP contribution in [0.5, 0.6) is 0 Å². The number of rotatable bonds is 5. The van der Waals surface area contributed by atoms with E-state index in [1.165, 1.54) is 5.56 Å². The van der Waals surface area contributed by atoms with Crippen LogP contribution in [0.4, 0.5) is 5.69 Å². The molecule has 108 valence electrons. The van der Waals surface area contributed by atoms with Crippen molar-refractivity contribution < 1.29 is 9.59 Å². The van der Waals surface area contributed by atoms with Crippen LogP contribution < -0.4 is 10.6 Å². The first kappa shape index (κ1) is 14.6. The minimum atomic E-state index is -0.181. The van der Waals surface area contributed by atoms with Gasteiger partial charge >= 0.3 is 0 Å². The normalized spacial score (nSPS) is 20.6. The summed E-state index contributed by atoms with van der Waals surface area (Å²) in [6, 6.07) is 7.94. The Kier molecular flexibility index (Phi) is 4.42. The summed E-state index contributed by atoms with van der Waals surface area (Å²) in [5, 5.41) is 5.72. The van der Waals surface area contributed by atoms with Crippen molar-refractivity contribution in [1.29, 1.82) is 0 Å². The van der Waals surface area contributed by atoms with Crippen molar-refractivity contribution in [3.05, 3.63) is 29.8 Å². The third kappa shape index (κ3) is 3.59. The van der Waals surface area contributed by atoms with E-state index in [1.54, 1.807) is 0 Å². The molecule has 0 saturated heterocycles. The Hall–Kier alpha value is -1.84. The average Bonchev–Trinajstić information content (AvgIpc) is 3.19. The van der Waals surface area contributed by atoms with Crippen LogP contribution in [0.15, 0.2) is 24.3 Å². The molecule has 0 radical (unpaired) electrons. The van der Waals surface area contributed by atoms with Crippen LogP contribution in [0.2, 0.25) is 0 Å². The summed E-state index contributed by atoms with van der Waals surface area (Å²) in [5.41, 5.74) is 2.03. The molecule has 2 N–H and O–H groups in total. The van der Waals surface area contributed by atoms with Crippen molar-refractivity contribution in [3.63, 3.8) is 0 Å². The molecule has 0 heterocycles. The number of amides is 2. The molecule has 4 nitrogen and oxygen atoms in total. The standard InChI is InChI=1S/C16H22N2O2/c1-4-11-5-7-12(8-6-11)18-16(20)14-9-13(14)15(19)17-10(2)3/h5-8,10,13-14H,4,9H2,1-3H3,(H,17,19)(H,18,20). The zero-order valence-electron chi connectivity index (χ0n) is 12.3. The third-order valence-corrected chi connectivity index (χ3v) is 3.52. The van der Waals surface area contributed by atoms with Gasteiger partial charge in [-0.3, -0.25) is 9.59 Å². The number of benzene rings is 1. The fraction of sp³-hybridized carbons (Fsp3) is 0.500. The number of carbonyl (C=O) groups excluding carboxylic acids is 2. The first-order valence-electron chi connectivity index (χ1n) is 7.21. The zero-order chi connectivity index (χ0) is 14.7. The Bertz CT molecular complexity index is 494. The van der Waals surface area contributed by atoms with Gasteiger partial charge in [0.1, 0.15) is 0 Å². The molecule has 2 atom stereocenters. The van der Waals surface area contributed by atoms with Gasteiger partial charge in [0.15, 0.2) is 0 Å². The number of anilines is 1. The van der Waals surface area contributed by atoms with Crippen molar-refractivity contribution in [2.45, 2.75) is 39.7 Å². The van der Waals surface area contributed by atoms with E-state index in [0.717, 1.165) is 12.1 Å². The fourth-order valence-electron chi connectivity index (χ4n) is 2.22. The molecule has 0 aromatic heterocycles. The van der Waals surface area contributed by atoms with Crippen LogP contribution in [0.1, 0.15) is 32.8 Å². The Labute approximate surface area is 119 Å². The van der Waals surface area contributed by atoms with Gasteiger partial charge in [0.2, 0.25) is 11.8 Å². The molecule has 20 heavy (non-hydrogen) atoms. The van der Waals surface area contributed by atoms with Gasteiger partial charge in [-0.1, -0.05) is 19.1 Å². The van der Waals surface area contributed by atoms with Gasteiger partial charge in [-0.15, -0.1) is 0 Å². The second kappa shape index (κ2) is 6.07. The number of aryl methyl sites for hydroxylation is 1. The molecule has 1 aliphatic rings. The largest absolute Gasteiger partial charge is 0.354 e. The second-order valence-corrected chi connectivity index (χ2v) is 5.65. The summed E-state index contributed by atoms with van der Waals surface area (Å²) in [5.74, 6) is -0.411. The van der Waals surface area contributed by atoms with Gasteiger partial charge in [0.25, 0.3) is 0 Å². The Morgan fingerprint density at radius 1 is 1.15 bits per heavy atom. The van der Waals surface area contributed by atoms with E-state index in [2.05, 4.69) is 17.6 Å². The molecule has 1 aromatic carbocycles. The lowest BCUT2D eigenvalue weighted by Crippen LogP contribution is -2.32. The second-order valence-electron chi connectivity index (χ2n) is 5.65. The smallest absolute Gasteiger partial charge is 0.228 e. The van der Waals surface area contributed by atoms with E-state index < -0.39 is 0 Å². The van der Waals surface area contributed by atoms with E-state index in [9.17, 15) is 9.59 Å². The van der Waals surface area contributed by atoms with E-state index in [1.807, 2.05) is 38.1 Å². The van der Waals surface area contributed by atoms with Gasteiger partial charge in [-0.05, 0) is 44.4 Å². The van der Waals surface area contributed by atoms with Crippen molar-refractivity contribution >= 4 is 17.5 Å². The molecule has 0 aliphatic heterocycles. The quantitative estimate of drug-likeness (QED) is 0.866. The van der Waals surface area contributed by atoms with Crippen molar-refractivity contribution in [2.75, 3.05) is 5.32 Å². The zero-order valence-corrected chi connectivity index (χ0v) is 12.3. The minimum Gasteiger partial charge on any atom is -0.354 e. The number of nitrogens with one attached hydrogen (secondary N) is 2. The predicted octanol–water partition coefficient (Wildman–Crippen LogP) is 2.35. The highest BCUT2D eigenvalue weighted by Gasteiger charge is 2.48. The van der Waals surface area contributed by atoms with E-state index in [0.29, 0.717) is 6.42 Å². The summed E-state index contributed by atoms with van der Waals surface area (Å²) in [6.07, 6.45) is 1.63. The van der Waals surface area contributed by atoms with Crippen LogP contribution in [-0.2, 0) is 16.0 Å². The van der Waals surface area contributed by atoms with Crippen LogP contribution in [0.3, 0.4) is 0 Å². The van der Waals surface area contributed by atoms with Crippen LogP contribution >= 0.6 is 0 Å². The highest BCUT2D eigenvalue weighted by molar-refractivity contribution is 5.99. The van der Waals surface area contributed by atoms with Crippen molar-refractivity contribution in [1.82, 2.24) is 5.32 Å². The molecule has 2 unspecified atom stereocenters. The highest BCUT2D eigenvalue weighted by Crippen LogP contribution is 2.39. The highest BCUT2D eigenvalue weighted by atomic mass is 16.2. The minimum absolute atomic E-state index is 0.0125. The Morgan fingerprint density at radius 3 is 2.30 bits per heavy atom. The molecular weight excluding hydrogens is 252 g/mol. The van der Waals surface area contributed by atoms with Crippen LogP contribution in [-0.4, -0.2) is 17.9 Å². The van der Waals surface area contributed by atoms with Crippen LogP contribution in [0.25, 0.3) is 0 Å². The predicted molar refractivity (Wildman–Crippen MR) is 79.3 cm³/mol. The Balaban J connectivity index is 1.86. The monoisotopic (exact) mass is 274 g/mol. The average molecular weight is 274 g/mol. The van der Waals surface area contributed by atoms with Gasteiger partial charge in [0, 0.05) is 11.7 Å². The van der Waals surface area contributed by atoms with E-state index in [-0.39, 0.29) is 29.7 Å². The van der Waals surface area contributed by atoms with Gasteiger partial charge in [0.05, 0.1) is 11.8 Å². The van der Waals surface area contributed by atoms with E-state index in [4.69, 9.17) is 0 Å². The SMILES string of the molecule is CCc1ccc(NC(=O)C2CC2C(=O)NC(C)C)cc1. The first-order valence-corrected chi connectivity index (χ1v) is 7.21. The maximum atomic E-state index is 12.0. The number of hydrogen-bond donors (Lipinski definition) is 2. The number of hydrogen-bond acceptors (Lipinski definition) is 2. The molecular formula is C16H22N2O2. The maximum absolute atomic E-state index is 12.0. The van der Waals surface area contributed by atoms with Crippen LogP contribution in [0, 0.1) is 11.8 Å². The molecule has 0 spiro atoms. The molecule has 1 aromatic rings. The Morgan fingerprint density at radius 2 is 1.75 bits per heavy atom. The molecule has 1 fully saturated rings. The summed E-state index contributed by atoms with van der Waals surface area (Å²) in [4.78, 5) is 23.8. The molecule has 2 amide bonds. The molecule has 0 bridgehead atoms. The maximum Gasteiger partial charge on any atom is 0.228 e.